The predicted octanol–water partition coefficient (Wildman–Crippen LogP) is 1.79. The average molecular weight is 250 g/mol. The van der Waals surface area contributed by atoms with Crippen LogP contribution >= 0.6 is 12.2 Å². The molecule has 1 heterocycles. The molecule has 4 heteroatoms. The van der Waals surface area contributed by atoms with E-state index in [0.717, 1.165) is 25.3 Å². The molecule has 0 radical (unpaired) electrons. The first-order valence-corrected chi connectivity index (χ1v) is 6.25. The molecule has 1 aliphatic heterocycles. The quantitative estimate of drug-likeness (QED) is 0.827. The molecule has 0 spiro atoms. The first-order valence-electron chi connectivity index (χ1n) is 5.84. The van der Waals surface area contributed by atoms with Gasteiger partial charge in [0.05, 0.1) is 6.61 Å². The molecule has 0 amide bonds. The van der Waals surface area contributed by atoms with E-state index in [1.165, 1.54) is 12.1 Å². The van der Waals surface area contributed by atoms with E-state index in [1.54, 1.807) is 7.11 Å². The zero-order chi connectivity index (χ0) is 12.3. The lowest BCUT2D eigenvalue weighted by Gasteiger charge is -2.18. The van der Waals surface area contributed by atoms with Gasteiger partial charge in [-0.1, -0.05) is 12.2 Å². The number of hydrogen-bond donors (Lipinski definition) is 1. The lowest BCUT2D eigenvalue weighted by Crippen LogP contribution is -2.21. The zero-order valence-electron chi connectivity index (χ0n) is 10.1. The molecule has 1 aromatic carbocycles. The second kappa shape index (κ2) is 5.47. The maximum absolute atomic E-state index is 5.58. The summed E-state index contributed by atoms with van der Waals surface area (Å²) in [4.78, 5) is 2.84. The van der Waals surface area contributed by atoms with Gasteiger partial charge in [-0.25, -0.2) is 0 Å². The minimum atomic E-state index is 0.454. The topological polar surface area (TPSA) is 38.5 Å². The number of rotatable bonds is 4. The van der Waals surface area contributed by atoms with Crippen molar-refractivity contribution >= 4 is 22.9 Å². The molecule has 2 N–H and O–H groups in total. The molecule has 0 aromatic heterocycles. The molecule has 92 valence electrons. The lowest BCUT2D eigenvalue weighted by molar-refractivity contribution is 0.161. The van der Waals surface area contributed by atoms with E-state index in [0.29, 0.717) is 10.9 Å². The van der Waals surface area contributed by atoms with E-state index in [1.807, 2.05) is 12.1 Å². The number of ether oxygens (including phenoxy) is 1. The Morgan fingerprint density at radius 2 is 2.18 bits per heavy atom. The van der Waals surface area contributed by atoms with Crippen LogP contribution in [0.15, 0.2) is 24.3 Å². The summed E-state index contributed by atoms with van der Waals surface area (Å²) in [5.74, 6) is 0.648. The van der Waals surface area contributed by atoms with Gasteiger partial charge in [0.15, 0.2) is 0 Å². The van der Waals surface area contributed by atoms with E-state index in [9.17, 15) is 0 Å². The van der Waals surface area contributed by atoms with Gasteiger partial charge in [0.1, 0.15) is 4.99 Å². The first kappa shape index (κ1) is 12.3. The van der Waals surface area contributed by atoms with Crippen LogP contribution in [-0.4, -0.2) is 31.8 Å². The fourth-order valence-corrected chi connectivity index (χ4v) is 2.41. The van der Waals surface area contributed by atoms with Crippen LogP contribution in [0.4, 0.5) is 5.69 Å². The maximum atomic E-state index is 5.58. The molecule has 0 bridgehead atoms. The van der Waals surface area contributed by atoms with Crippen LogP contribution in [0.1, 0.15) is 12.0 Å². The van der Waals surface area contributed by atoms with Crippen molar-refractivity contribution in [3.05, 3.63) is 29.8 Å². The molecule has 1 fully saturated rings. The van der Waals surface area contributed by atoms with Gasteiger partial charge in [0.25, 0.3) is 0 Å². The molecule has 1 aliphatic rings. The summed E-state index contributed by atoms with van der Waals surface area (Å²) in [7, 11) is 1.76. The van der Waals surface area contributed by atoms with Gasteiger partial charge < -0.3 is 15.4 Å². The van der Waals surface area contributed by atoms with Crippen LogP contribution in [0, 0.1) is 5.92 Å². The zero-order valence-corrected chi connectivity index (χ0v) is 10.9. The third-order valence-electron chi connectivity index (χ3n) is 3.21. The molecule has 0 aliphatic carbocycles. The van der Waals surface area contributed by atoms with Gasteiger partial charge in [-0.15, -0.1) is 0 Å². The van der Waals surface area contributed by atoms with Gasteiger partial charge in [-0.2, -0.15) is 0 Å². The van der Waals surface area contributed by atoms with Crippen molar-refractivity contribution in [3.8, 4) is 0 Å². The van der Waals surface area contributed by atoms with Crippen LogP contribution in [0.5, 0.6) is 0 Å². The second-order valence-corrected chi connectivity index (χ2v) is 4.91. The van der Waals surface area contributed by atoms with Crippen LogP contribution in [0.25, 0.3) is 0 Å². The Labute approximate surface area is 108 Å². The monoisotopic (exact) mass is 250 g/mol. The molecular formula is C13H18N2OS. The number of nitrogens with two attached hydrogens (primary N) is 1. The second-order valence-electron chi connectivity index (χ2n) is 4.47. The van der Waals surface area contributed by atoms with E-state index in [4.69, 9.17) is 22.7 Å². The van der Waals surface area contributed by atoms with Gasteiger partial charge in [0, 0.05) is 37.4 Å². The smallest absolute Gasteiger partial charge is 0.103 e. The van der Waals surface area contributed by atoms with Crippen LogP contribution in [0.2, 0.25) is 0 Å². The van der Waals surface area contributed by atoms with E-state index in [2.05, 4.69) is 17.0 Å². The highest BCUT2D eigenvalue weighted by Gasteiger charge is 2.22. The minimum absolute atomic E-state index is 0.454. The van der Waals surface area contributed by atoms with Gasteiger partial charge >= 0.3 is 0 Å². The standard InChI is InChI=1S/C13H18N2OS/c1-16-9-10-6-7-15(8-10)12-4-2-11(3-5-12)13(14)17/h2-5,10H,6-9H2,1H3,(H2,14,17). The fourth-order valence-electron chi connectivity index (χ4n) is 2.28. The van der Waals surface area contributed by atoms with Gasteiger partial charge in [-0.3, -0.25) is 0 Å². The maximum Gasteiger partial charge on any atom is 0.103 e. The van der Waals surface area contributed by atoms with Crippen LogP contribution < -0.4 is 10.6 Å². The minimum Gasteiger partial charge on any atom is -0.389 e. The molecule has 2 rings (SSSR count). The van der Waals surface area contributed by atoms with Crippen LogP contribution in [-0.2, 0) is 4.74 Å². The number of thiocarbonyl (C=S) groups is 1. The van der Waals surface area contributed by atoms with Crippen molar-refractivity contribution in [1.82, 2.24) is 0 Å². The molecule has 1 saturated heterocycles. The van der Waals surface area contributed by atoms with Crippen molar-refractivity contribution in [2.24, 2.45) is 11.7 Å². The normalized spacial score (nSPS) is 19.6. The van der Waals surface area contributed by atoms with Crippen molar-refractivity contribution in [3.63, 3.8) is 0 Å². The summed E-state index contributed by atoms with van der Waals surface area (Å²) in [6, 6.07) is 8.15. The summed E-state index contributed by atoms with van der Waals surface area (Å²) < 4.78 is 5.20. The van der Waals surface area contributed by atoms with Gasteiger partial charge in [-0.05, 0) is 30.7 Å². The van der Waals surface area contributed by atoms with Gasteiger partial charge in [0.2, 0.25) is 0 Å². The molecule has 1 unspecified atom stereocenters. The highest BCUT2D eigenvalue weighted by molar-refractivity contribution is 7.80. The predicted molar refractivity (Wildman–Crippen MR) is 74.5 cm³/mol. The average Bonchev–Trinajstić information content (AvgIpc) is 2.78. The highest BCUT2D eigenvalue weighted by Crippen LogP contribution is 2.24. The Morgan fingerprint density at radius 3 is 2.76 bits per heavy atom. The number of methoxy groups -OCH3 is 1. The Morgan fingerprint density at radius 1 is 1.47 bits per heavy atom. The molecule has 1 aromatic rings. The third kappa shape index (κ3) is 2.96. The Bertz CT molecular complexity index is 391. The molecule has 3 nitrogen and oxygen atoms in total. The summed E-state index contributed by atoms with van der Waals surface area (Å²) in [5, 5.41) is 0. The Hall–Kier alpha value is -1.13. The number of nitrogens with zero attached hydrogens (tertiary/aromatic N) is 1. The molecule has 1 atom stereocenters. The number of benzene rings is 1. The summed E-state index contributed by atoms with van der Waals surface area (Å²) >= 11 is 4.94. The van der Waals surface area contributed by atoms with E-state index < -0.39 is 0 Å². The first-order chi connectivity index (χ1) is 8.20. The van der Waals surface area contributed by atoms with Crippen molar-refractivity contribution in [1.29, 1.82) is 0 Å². The van der Waals surface area contributed by atoms with Crippen molar-refractivity contribution in [2.75, 3.05) is 31.7 Å². The van der Waals surface area contributed by atoms with E-state index >= 15 is 0 Å². The van der Waals surface area contributed by atoms with Crippen molar-refractivity contribution in [2.45, 2.75) is 6.42 Å². The Balaban J connectivity index is 2.01. The molecule has 17 heavy (non-hydrogen) atoms. The number of anilines is 1. The summed E-state index contributed by atoms with van der Waals surface area (Å²) in [6.07, 6.45) is 1.20. The SMILES string of the molecule is COCC1CCN(c2ccc(C(N)=S)cc2)C1. The van der Waals surface area contributed by atoms with Crippen molar-refractivity contribution < 1.29 is 4.74 Å². The Kier molecular flexibility index (Phi) is 3.97. The highest BCUT2D eigenvalue weighted by atomic mass is 32.1. The third-order valence-corrected chi connectivity index (χ3v) is 3.44. The van der Waals surface area contributed by atoms with E-state index in [-0.39, 0.29) is 0 Å². The van der Waals surface area contributed by atoms with Crippen LogP contribution in [0.3, 0.4) is 0 Å². The fraction of sp³-hybridized carbons (Fsp3) is 0.462. The number of hydrogen-bond acceptors (Lipinski definition) is 3. The lowest BCUT2D eigenvalue weighted by atomic mass is 10.1. The summed E-state index contributed by atoms with van der Waals surface area (Å²) in [5.41, 5.74) is 7.75. The largest absolute Gasteiger partial charge is 0.389 e. The summed E-state index contributed by atoms with van der Waals surface area (Å²) in [6.45, 7) is 3.02. The molecular weight excluding hydrogens is 232 g/mol. The molecule has 0 saturated carbocycles.